The lowest BCUT2D eigenvalue weighted by molar-refractivity contribution is 0.0524. The Bertz CT molecular complexity index is 290. The lowest BCUT2D eigenvalue weighted by Gasteiger charge is -1.97. The van der Waals surface area contributed by atoms with Crippen LogP contribution in [0.1, 0.15) is 23.0 Å². The van der Waals surface area contributed by atoms with Crippen molar-refractivity contribution in [2.45, 2.75) is 13.8 Å². The zero-order chi connectivity index (χ0) is 9.14. The molecule has 0 atom stereocenters. The molecule has 0 spiro atoms. The van der Waals surface area contributed by atoms with Crippen molar-refractivity contribution >= 4 is 21.9 Å². The molecule has 1 heterocycles. The highest BCUT2D eigenvalue weighted by molar-refractivity contribution is 9.10. The average molecular weight is 233 g/mol. The number of carbonyl (C=O) groups is 1. The van der Waals surface area contributed by atoms with Crippen molar-refractivity contribution < 1.29 is 13.9 Å². The summed E-state index contributed by atoms with van der Waals surface area (Å²) in [5, 5.41) is 0. The van der Waals surface area contributed by atoms with E-state index >= 15 is 0 Å². The number of ether oxygens (including phenoxy) is 1. The van der Waals surface area contributed by atoms with Gasteiger partial charge >= 0.3 is 5.97 Å². The summed E-state index contributed by atoms with van der Waals surface area (Å²) in [5.41, 5.74) is 0.476. The standard InChI is InChI=1S/C8H9BrO3/c1-3-11-8(10)6-4-7(9)12-5(6)2/h4H,3H2,1-2H3. The molecule has 1 aromatic rings. The third-order valence-electron chi connectivity index (χ3n) is 1.38. The van der Waals surface area contributed by atoms with E-state index in [0.29, 0.717) is 22.6 Å². The summed E-state index contributed by atoms with van der Waals surface area (Å²) < 4.78 is 10.4. The van der Waals surface area contributed by atoms with Crippen LogP contribution in [-0.4, -0.2) is 12.6 Å². The number of carbonyl (C=O) groups excluding carboxylic acids is 1. The number of halogens is 1. The lowest BCUT2D eigenvalue weighted by atomic mass is 10.3. The number of rotatable bonds is 2. The van der Waals surface area contributed by atoms with Gasteiger partial charge in [-0.2, -0.15) is 0 Å². The zero-order valence-electron chi connectivity index (χ0n) is 6.89. The summed E-state index contributed by atoms with van der Waals surface area (Å²) in [6, 6.07) is 1.60. The Balaban J connectivity index is 2.87. The Morgan fingerprint density at radius 2 is 2.42 bits per heavy atom. The van der Waals surface area contributed by atoms with Crippen LogP contribution in [0, 0.1) is 6.92 Å². The highest BCUT2D eigenvalue weighted by Gasteiger charge is 2.14. The fraction of sp³-hybridized carbons (Fsp3) is 0.375. The second kappa shape index (κ2) is 3.76. The summed E-state index contributed by atoms with van der Waals surface area (Å²) in [4.78, 5) is 11.2. The van der Waals surface area contributed by atoms with Crippen molar-refractivity contribution in [3.8, 4) is 0 Å². The number of furan rings is 1. The highest BCUT2D eigenvalue weighted by atomic mass is 79.9. The number of aryl methyl sites for hydroxylation is 1. The molecule has 0 aliphatic rings. The predicted octanol–water partition coefficient (Wildman–Crippen LogP) is 2.53. The third kappa shape index (κ3) is 1.88. The van der Waals surface area contributed by atoms with Gasteiger partial charge in [0.25, 0.3) is 0 Å². The maximum Gasteiger partial charge on any atom is 0.341 e. The minimum absolute atomic E-state index is 0.343. The second-order valence-electron chi connectivity index (χ2n) is 2.24. The Morgan fingerprint density at radius 3 is 2.83 bits per heavy atom. The minimum atomic E-state index is -0.343. The van der Waals surface area contributed by atoms with E-state index in [1.807, 2.05) is 0 Å². The van der Waals surface area contributed by atoms with Crippen LogP contribution in [0.15, 0.2) is 15.2 Å². The van der Waals surface area contributed by atoms with E-state index in [0.717, 1.165) is 0 Å². The van der Waals surface area contributed by atoms with E-state index < -0.39 is 0 Å². The van der Waals surface area contributed by atoms with Gasteiger partial charge in [0.05, 0.1) is 6.61 Å². The second-order valence-corrected chi connectivity index (χ2v) is 3.02. The monoisotopic (exact) mass is 232 g/mol. The first-order valence-corrected chi connectivity index (χ1v) is 4.37. The molecule has 0 saturated carbocycles. The molecule has 66 valence electrons. The summed E-state index contributed by atoms with van der Waals surface area (Å²) in [5.74, 6) is 0.227. The molecule has 1 aromatic heterocycles. The molecule has 0 unspecified atom stereocenters. The van der Waals surface area contributed by atoms with Gasteiger partial charge in [-0.15, -0.1) is 0 Å². The maximum absolute atomic E-state index is 11.2. The van der Waals surface area contributed by atoms with Crippen LogP contribution in [0.2, 0.25) is 0 Å². The van der Waals surface area contributed by atoms with E-state index in [1.165, 1.54) is 0 Å². The summed E-state index contributed by atoms with van der Waals surface area (Å²) in [6.45, 7) is 3.86. The van der Waals surface area contributed by atoms with Crippen molar-refractivity contribution in [2.75, 3.05) is 6.61 Å². The Kier molecular flexibility index (Phi) is 2.92. The van der Waals surface area contributed by atoms with Crippen LogP contribution in [0.4, 0.5) is 0 Å². The molecular weight excluding hydrogens is 224 g/mol. The minimum Gasteiger partial charge on any atom is -0.462 e. The van der Waals surface area contributed by atoms with Gasteiger partial charge in [-0.25, -0.2) is 4.79 Å². The smallest absolute Gasteiger partial charge is 0.341 e. The first-order valence-electron chi connectivity index (χ1n) is 3.58. The molecule has 0 N–H and O–H groups in total. The van der Waals surface area contributed by atoms with Crippen LogP contribution >= 0.6 is 15.9 Å². The van der Waals surface area contributed by atoms with Gasteiger partial charge in [0.1, 0.15) is 11.3 Å². The van der Waals surface area contributed by atoms with E-state index in [1.54, 1.807) is 19.9 Å². The summed E-state index contributed by atoms with van der Waals surface area (Å²) >= 11 is 3.13. The molecule has 0 saturated heterocycles. The molecule has 0 radical (unpaired) electrons. The lowest BCUT2D eigenvalue weighted by Crippen LogP contribution is -2.04. The number of hydrogen-bond donors (Lipinski definition) is 0. The molecule has 12 heavy (non-hydrogen) atoms. The highest BCUT2D eigenvalue weighted by Crippen LogP contribution is 2.19. The maximum atomic E-state index is 11.2. The van der Waals surface area contributed by atoms with Crippen LogP contribution in [0.5, 0.6) is 0 Å². The SMILES string of the molecule is CCOC(=O)c1cc(Br)oc1C. The van der Waals surface area contributed by atoms with Gasteiger partial charge < -0.3 is 9.15 Å². The molecule has 4 heteroatoms. The van der Waals surface area contributed by atoms with E-state index in [9.17, 15) is 4.79 Å². The van der Waals surface area contributed by atoms with Crippen molar-refractivity contribution in [3.05, 3.63) is 22.1 Å². The van der Waals surface area contributed by atoms with E-state index in [4.69, 9.17) is 9.15 Å². The Hall–Kier alpha value is -0.770. The van der Waals surface area contributed by atoms with Gasteiger partial charge in [-0.3, -0.25) is 0 Å². The first kappa shape index (κ1) is 9.32. The Labute approximate surface area is 78.8 Å². The fourth-order valence-corrected chi connectivity index (χ4v) is 1.33. The van der Waals surface area contributed by atoms with Crippen molar-refractivity contribution in [3.63, 3.8) is 0 Å². The largest absolute Gasteiger partial charge is 0.462 e. The molecule has 0 aliphatic carbocycles. The molecular formula is C8H9BrO3. The van der Waals surface area contributed by atoms with Crippen molar-refractivity contribution in [2.24, 2.45) is 0 Å². The van der Waals surface area contributed by atoms with Crippen LogP contribution in [0.3, 0.4) is 0 Å². The first-order chi connectivity index (χ1) is 5.65. The van der Waals surface area contributed by atoms with E-state index in [2.05, 4.69) is 15.9 Å². The number of esters is 1. The molecule has 0 aliphatic heterocycles. The number of hydrogen-bond acceptors (Lipinski definition) is 3. The Morgan fingerprint density at radius 1 is 1.75 bits per heavy atom. The molecule has 0 bridgehead atoms. The average Bonchev–Trinajstić information content (AvgIpc) is 2.30. The molecule has 3 nitrogen and oxygen atoms in total. The van der Waals surface area contributed by atoms with Crippen LogP contribution in [-0.2, 0) is 4.74 Å². The molecule has 0 amide bonds. The van der Waals surface area contributed by atoms with Gasteiger partial charge in [0.2, 0.25) is 0 Å². The van der Waals surface area contributed by atoms with Gasteiger partial charge in [0.15, 0.2) is 4.67 Å². The van der Waals surface area contributed by atoms with Crippen LogP contribution in [0.25, 0.3) is 0 Å². The fourth-order valence-electron chi connectivity index (χ4n) is 0.857. The van der Waals surface area contributed by atoms with Crippen molar-refractivity contribution in [1.82, 2.24) is 0 Å². The van der Waals surface area contributed by atoms with Crippen molar-refractivity contribution in [1.29, 1.82) is 0 Å². The topological polar surface area (TPSA) is 39.4 Å². The normalized spacial score (nSPS) is 9.92. The third-order valence-corrected chi connectivity index (χ3v) is 1.77. The molecule has 1 rings (SSSR count). The predicted molar refractivity (Wildman–Crippen MR) is 47.1 cm³/mol. The van der Waals surface area contributed by atoms with Gasteiger partial charge in [-0.1, -0.05) is 0 Å². The summed E-state index contributed by atoms with van der Waals surface area (Å²) in [6.07, 6.45) is 0. The van der Waals surface area contributed by atoms with Gasteiger partial charge in [-0.05, 0) is 29.8 Å². The van der Waals surface area contributed by atoms with Crippen LogP contribution < -0.4 is 0 Å². The molecule has 0 fully saturated rings. The zero-order valence-corrected chi connectivity index (χ0v) is 8.47. The van der Waals surface area contributed by atoms with E-state index in [-0.39, 0.29) is 5.97 Å². The molecule has 0 aromatic carbocycles. The summed E-state index contributed by atoms with van der Waals surface area (Å²) in [7, 11) is 0. The van der Waals surface area contributed by atoms with Gasteiger partial charge in [0, 0.05) is 6.07 Å². The quantitative estimate of drug-likeness (QED) is 0.736.